The fourth-order valence-electron chi connectivity index (χ4n) is 1.60. The van der Waals surface area contributed by atoms with Crippen LogP contribution in [0, 0.1) is 0 Å². The Morgan fingerprint density at radius 3 is 2.94 bits per heavy atom. The van der Waals surface area contributed by atoms with E-state index in [9.17, 15) is 0 Å². The first kappa shape index (κ1) is 13.5. The van der Waals surface area contributed by atoms with Gasteiger partial charge in [-0.05, 0) is 24.6 Å². The number of hydrogen-bond donors (Lipinski definition) is 1. The monoisotopic (exact) mass is 329 g/mol. The van der Waals surface area contributed by atoms with E-state index in [1.807, 2.05) is 12.1 Å². The average Bonchev–Trinajstić information content (AvgIpc) is 2.78. The van der Waals surface area contributed by atoms with Gasteiger partial charge >= 0.3 is 0 Å². The van der Waals surface area contributed by atoms with Gasteiger partial charge in [0.2, 0.25) is 0 Å². The van der Waals surface area contributed by atoms with Crippen molar-refractivity contribution in [3.05, 3.63) is 33.5 Å². The van der Waals surface area contributed by atoms with Crippen LogP contribution < -0.4 is 5.73 Å². The average molecular weight is 331 g/mol. The van der Waals surface area contributed by atoms with Crippen LogP contribution in [0.5, 0.6) is 0 Å². The highest BCUT2D eigenvalue weighted by atomic mass is 79.9. The molecule has 96 valence electrons. The fraction of sp³-hybridized carbons (Fsp3) is 0.333. The molecule has 0 fully saturated rings. The number of aromatic nitrogens is 2. The minimum atomic E-state index is -0.193. The Balaban J connectivity index is 2.29. The van der Waals surface area contributed by atoms with Gasteiger partial charge in [0.1, 0.15) is 0 Å². The second-order valence-corrected chi connectivity index (χ2v) is 5.30. The van der Waals surface area contributed by atoms with E-state index < -0.39 is 0 Å². The first-order chi connectivity index (χ1) is 8.61. The van der Waals surface area contributed by atoms with Crippen molar-refractivity contribution in [2.75, 3.05) is 0 Å². The molecule has 6 heteroatoms. The van der Waals surface area contributed by atoms with Gasteiger partial charge < -0.3 is 10.3 Å². The first-order valence-corrected chi connectivity index (χ1v) is 6.83. The van der Waals surface area contributed by atoms with E-state index in [-0.39, 0.29) is 6.04 Å². The van der Waals surface area contributed by atoms with Gasteiger partial charge in [0, 0.05) is 4.47 Å². The van der Waals surface area contributed by atoms with Gasteiger partial charge in [0.25, 0.3) is 5.89 Å². The highest BCUT2D eigenvalue weighted by molar-refractivity contribution is 9.10. The van der Waals surface area contributed by atoms with Gasteiger partial charge in [-0.25, -0.2) is 0 Å². The maximum Gasteiger partial charge on any atom is 0.259 e. The third-order valence-corrected chi connectivity index (χ3v) is 3.34. The molecule has 2 rings (SSSR count). The summed E-state index contributed by atoms with van der Waals surface area (Å²) < 4.78 is 6.10. The molecule has 0 aliphatic rings. The summed E-state index contributed by atoms with van der Waals surface area (Å²) in [6, 6.07) is 5.29. The SMILES string of the molecule is CCCC(N)c1noc(-c2ccc(Br)cc2Cl)n1. The molecule has 18 heavy (non-hydrogen) atoms. The van der Waals surface area contributed by atoms with E-state index in [1.54, 1.807) is 6.07 Å². The molecule has 0 aliphatic heterocycles. The van der Waals surface area contributed by atoms with Crippen LogP contribution in [0.4, 0.5) is 0 Å². The van der Waals surface area contributed by atoms with Crippen LogP contribution in [0.1, 0.15) is 31.6 Å². The van der Waals surface area contributed by atoms with Crippen molar-refractivity contribution < 1.29 is 4.52 Å². The van der Waals surface area contributed by atoms with Gasteiger partial charge in [-0.2, -0.15) is 4.98 Å². The lowest BCUT2D eigenvalue weighted by molar-refractivity contribution is 0.413. The van der Waals surface area contributed by atoms with E-state index >= 15 is 0 Å². The Morgan fingerprint density at radius 1 is 1.50 bits per heavy atom. The Kier molecular flexibility index (Phi) is 4.37. The molecule has 0 aliphatic carbocycles. The number of nitrogens with zero attached hydrogens (tertiary/aromatic N) is 2. The van der Waals surface area contributed by atoms with Gasteiger partial charge in [0.05, 0.1) is 16.6 Å². The number of benzene rings is 1. The lowest BCUT2D eigenvalue weighted by atomic mass is 10.2. The summed E-state index contributed by atoms with van der Waals surface area (Å²) in [7, 11) is 0. The number of hydrogen-bond acceptors (Lipinski definition) is 4. The van der Waals surface area contributed by atoms with Gasteiger partial charge in [-0.15, -0.1) is 0 Å². The topological polar surface area (TPSA) is 64.9 Å². The van der Waals surface area contributed by atoms with E-state index in [0.717, 1.165) is 17.3 Å². The summed E-state index contributed by atoms with van der Waals surface area (Å²) in [5.41, 5.74) is 6.64. The molecule has 0 saturated heterocycles. The van der Waals surface area contributed by atoms with Crippen molar-refractivity contribution in [2.45, 2.75) is 25.8 Å². The van der Waals surface area contributed by atoms with E-state index in [1.165, 1.54) is 0 Å². The molecule has 1 aromatic carbocycles. The second kappa shape index (κ2) is 5.82. The fourth-order valence-corrected chi connectivity index (χ4v) is 2.35. The number of nitrogens with two attached hydrogens (primary N) is 1. The third kappa shape index (κ3) is 2.91. The van der Waals surface area contributed by atoms with Gasteiger partial charge in [0.15, 0.2) is 5.82 Å². The van der Waals surface area contributed by atoms with Crippen LogP contribution in [0.15, 0.2) is 27.2 Å². The highest BCUT2D eigenvalue weighted by Gasteiger charge is 2.16. The molecule has 0 bridgehead atoms. The predicted octanol–water partition coefficient (Wildman–Crippen LogP) is 3.95. The predicted molar refractivity (Wildman–Crippen MR) is 74.3 cm³/mol. The van der Waals surface area contributed by atoms with Crippen LogP contribution in [-0.2, 0) is 0 Å². The largest absolute Gasteiger partial charge is 0.334 e. The Labute approximate surface area is 119 Å². The molecule has 1 atom stereocenters. The summed E-state index contributed by atoms with van der Waals surface area (Å²) >= 11 is 9.47. The molecule has 1 aromatic heterocycles. The molecular weight excluding hydrogens is 318 g/mol. The van der Waals surface area contributed by atoms with Gasteiger partial charge in [-0.3, -0.25) is 0 Å². The summed E-state index contributed by atoms with van der Waals surface area (Å²) in [5.74, 6) is 0.917. The highest BCUT2D eigenvalue weighted by Crippen LogP contribution is 2.29. The van der Waals surface area contributed by atoms with Crippen LogP contribution in [0.25, 0.3) is 11.5 Å². The quantitative estimate of drug-likeness (QED) is 0.921. The van der Waals surface area contributed by atoms with E-state index in [4.69, 9.17) is 21.9 Å². The zero-order valence-electron chi connectivity index (χ0n) is 9.86. The van der Waals surface area contributed by atoms with Crippen LogP contribution >= 0.6 is 27.5 Å². The molecule has 2 N–H and O–H groups in total. The first-order valence-electron chi connectivity index (χ1n) is 5.66. The second-order valence-electron chi connectivity index (χ2n) is 3.98. The van der Waals surface area contributed by atoms with Crippen LogP contribution in [0.2, 0.25) is 5.02 Å². The molecule has 0 spiro atoms. The van der Waals surface area contributed by atoms with Crippen LogP contribution in [-0.4, -0.2) is 10.1 Å². The molecule has 0 saturated carbocycles. The van der Waals surface area contributed by atoms with Crippen molar-refractivity contribution in [1.29, 1.82) is 0 Å². The molecular formula is C12H13BrClN3O. The lowest BCUT2D eigenvalue weighted by Gasteiger charge is -2.02. The molecule has 1 heterocycles. The van der Waals surface area contributed by atoms with Crippen LogP contribution in [0.3, 0.4) is 0 Å². The molecule has 0 amide bonds. The minimum absolute atomic E-state index is 0.193. The number of rotatable bonds is 4. The Hall–Kier alpha value is -0.910. The third-order valence-electron chi connectivity index (χ3n) is 2.53. The zero-order valence-corrected chi connectivity index (χ0v) is 12.2. The van der Waals surface area contributed by atoms with Crippen molar-refractivity contribution in [3.63, 3.8) is 0 Å². The van der Waals surface area contributed by atoms with Crippen molar-refractivity contribution in [3.8, 4) is 11.5 Å². The van der Waals surface area contributed by atoms with Gasteiger partial charge in [-0.1, -0.05) is 46.0 Å². The summed E-state index contributed by atoms with van der Waals surface area (Å²) in [5, 5.41) is 4.45. The molecule has 2 aromatic rings. The standard InChI is InChI=1S/C12H13BrClN3O/c1-2-3-10(15)11-16-12(18-17-11)8-5-4-7(13)6-9(8)14/h4-6,10H,2-3,15H2,1H3. The van der Waals surface area contributed by atoms with Crippen molar-refractivity contribution in [2.24, 2.45) is 5.73 Å². The normalized spacial score (nSPS) is 12.7. The maximum atomic E-state index is 6.13. The Bertz CT molecular complexity index is 544. The molecule has 0 radical (unpaired) electrons. The summed E-state index contributed by atoms with van der Waals surface area (Å²) in [6.07, 6.45) is 1.80. The summed E-state index contributed by atoms with van der Waals surface area (Å²) in [6.45, 7) is 2.06. The summed E-state index contributed by atoms with van der Waals surface area (Å²) in [4.78, 5) is 4.29. The lowest BCUT2D eigenvalue weighted by Crippen LogP contribution is -2.11. The minimum Gasteiger partial charge on any atom is -0.334 e. The van der Waals surface area contributed by atoms with E-state index in [0.29, 0.717) is 22.3 Å². The molecule has 4 nitrogen and oxygen atoms in total. The van der Waals surface area contributed by atoms with Crippen molar-refractivity contribution in [1.82, 2.24) is 10.1 Å². The smallest absolute Gasteiger partial charge is 0.259 e. The maximum absolute atomic E-state index is 6.13. The Morgan fingerprint density at radius 2 is 2.28 bits per heavy atom. The van der Waals surface area contributed by atoms with Crippen molar-refractivity contribution >= 4 is 27.5 Å². The molecule has 1 unspecified atom stereocenters. The zero-order chi connectivity index (χ0) is 13.1. The van der Waals surface area contributed by atoms with E-state index in [2.05, 4.69) is 33.0 Å². The number of halogens is 2.